The zero-order valence-electron chi connectivity index (χ0n) is 15.6. The van der Waals surface area contributed by atoms with Crippen LogP contribution in [0.15, 0.2) is 54.1 Å². The topological polar surface area (TPSA) is 81.1 Å². The van der Waals surface area contributed by atoms with Crippen molar-refractivity contribution >= 4 is 23.1 Å². The molecule has 2 N–H and O–H groups in total. The van der Waals surface area contributed by atoms with Gasteiger partial charge in [0.1, 0.15) is 11.6 Å². The molecule has 0 bridgehead atoms. The molecule has 2 aromatic rings. The van der Waals surface area contributed by atoms with Crippen LogP contribution in [0.25, 0.3) is 5.76 Å². The summed E-state index contributed by atoms with van der Waals surface area (Å²) < 4.78 is 13.2. The number of rotatable bonds is 5. The number of carbonyl (C=O) groups is 2. The van der Waals surface area contributed by atoms with Gasteiger partial charge < -0.3 is 20.0 Å². The Morgan fingerprint density at radius 3 is 2.21 bits per heavy atom. The summed E-state index contributed by atoms with van der Waals surface area (Å²) in [5.41, 5.74) is 1.71. The normalized spacial score (nSPS) is 18.6. The number of aliphatic hydroxyl groups is 2. The molecule has 1 amide bonds. The van der Waals surface area contributed by atoms with Crippen LogP contribution in [0.3, 0.4) is 0 Å². The van der Waals surface area contributed by atoms with E-state index in [1.54, 1.807) is 12.1 Å². The van der Waals surface area contributed by atoms with Gasteiger partial charge in [-0.2, -0.15) is 0 Å². The first kappa shape index (κ1) is 19.6. The van der Waals surface area contributed by atoms with Gasteiger partial charge in [-0.05, 0) is 42.0 Å². The van der Waals surface area contributed by atoms with Crippen LogP contribution < -0.4 is 4.90 Å². The first-order chi connectivity index (χ1) is 13.3. The molecular formula is C21H21FN2O4. The Kier molecular flexibility index (Phi) is 5.46. The Hall–Kier alpha value is -3.19. The van der Waals surface area contributed by atoms with Crippen LogP contribution in [0.5, 0.6) is 0 Å². The molecule has 1 aliphatic heterocycles. The van der Waals surface area contributed by atoms with E-state index < -0.39 is 23.5 Å². The lowest BCUT2D eigenvalue weighted by Crippen LogP contribution is -2.32. The minimum atomic E-state index is -0.839. The Balaban J connectivity index is 2.14. The number of hydrogen-bond acceptors (Lipinski definition) is 5. The molecular weight excluding hydrogens is 363 g/mol. The van der Waals surface area contributed by atoms with Crippen molar-refractivity contribution in [1.29, 1.82) is 0 Å². The van der Waals surface area contributed by atoms with Crippen LogP contribution >= 0.6 is 0 Å². The van der Waals surface area contributed by atoms with E-state index in [0.29, 0.717) is 5.56 Å². The van der Waals surface area contributed by atoms with E-state index in [0.717, 1.165) is 5.69 Å². The Labute approximate surface area is 162 Å². The highest BCUT2D eigenvalue weighted by molar-refractivity contribution is 6.46. The molecule has 1 heterocycles. The Morgan fingerprint density at radius 1 is 1.07 bits per heavy atom. The number of ketones is 1. The van der Waals surface area contributed by atoms with Crippen LogP contribution in [-0.4, -0.2) is 54.1 Å². The summed E-state index contributed by atoms with van der Waals surface area (Å²) in [5, 5.41) is 20.1. The largest absolute Gasteiger partial charge is 0.507 e. The third-order valence-corrected chi connectivity index (χ3v) is 4.72. The lowest BCUT2D eigenvalue weighted by Gasteiger charge is -2.25. The molecule has 6 nitrogen and oxygen atoms in total. The molecule has 1 aliphatic rings. The van der Waals surface area contributed by atoms with Gasteiger partial charge in [0.05, 0.1) is 18.2 Å². The summed E-state index contributed by atoms with van der Waals surface area (Å²) in [5.74, 6) is -2.48. The zero-order valence-corrected chi connectivity index (χ0v) is 15.6. The fourth-order valence-corrected chi connectivity index (χ4v) is 3.28. The number of hydrogen-bond donors (Lipinski definition) is 2. The van der Waals surface area contributed by atoms with Crippen LogP contribution in [0.1, 0.15) is 17.2 Å². The maximum Gasteiger partial charge on any atom is 0.295 e. The first-order valence-electron chi connectivity index (χ1n) is 8.77. The molecule has 1 fully saturated rings. The molecule has 0 aliphatic carbocycles. The zero-order chi connectivity index (χ0) is 20.4. The molecule has 0 unspecified atom stereocenters. The lowest BCUT2D eigenvalue weighted by atomic mass is 9.95. The van der Waals surface area contributed by atoms with Gasteiger partial charge in [-0.15, -0.1) is 0 Å². The number of aliphatic hydroxyl groups excluding tert-OH is 2. The quantitative estimate of drug-likeness (QED) is 0.470. The van der Waals surface area contributed by atoms with Gasteiger partial charge in [0, 0.05) is 31.9 Å². The van der Waals surface area contributed by atoms with Gasteiger partial charge >= 0.3 is 0 Å². The number of likely N-dealkylation sites (tertiary alicyclic amines) is 1. The molecule has 146 valence electrons. The minimum Gasteiger partial charge on any atom is -0.507 e. The molecule has 0 saturated carbocycles. The summed E-state index contributed by atoms with van der Waals surface area (Å²) in [6.07, 6.45) is 0. The van der Waals surface area contributed by atoms with Gasteiger partial charge in [0.25, 0.3) is 11.7 Å². The first-order valence-corrected chi connectivity index (χ1v) is 8.77. The molecule has 7 heteroatoms. The van der Waals surface area contributed by atoms with E-state index >= 15 is 0 Å². The second kappa shape index (κ2) is 7.82. The van der Waals surface area contributed by atoms with Crippen LogP contribution in [0.4, 0.5) is 10.1 Å². The number of anilines is 1. The van der Waals surface area contributed by atoms with Crippen molar-refractivity contribution in [3.8, 4) is 0 Å². The number of Topliss-reactive ketones (excluding diaryl/α,β-unsaturated/α-hetero) is 1. The smallest absolute Gasteiger partial charge is 0.295 e. The maximum atomic E-state index is 13.2. The van der Waals surface area contributed by atoms with Gasteiger partial charge in [-0.25, -0.2) is 4.39 Å². The predicted molar refractivity (Wildman–Crippen MR) is 103 cm³/mol. The van der Waals surface area contributed by atoms with E-state index in [1.165, 1.54) is 29.2 Å². The fraction of sp³-hybridized carbons (Fsp3) is 0.238. The lowest BCUT2D eigenvalue weighted by molar-refractivity contribution is -0.140. The summed E-state index contributed by atoms with van der Waals surface area (Å²) in [6.45, 7) is -0.374. The van der Waals surface area contributed by atoms with Crippen LogP contribution in [0.2, 0.25) is 0 Å². The second-order valence-corrected chi connectivity index (χ2v) is 6.71. The van der Waals surface area contributed by atoms with Crippen molar-refractivity contribution in [2.45, 2.75) is 6.04 Å². The van der Waals surface area contributed by atoms with Crippen molar-refractivity contribution in [3.05, 3.63) is 71.0 Å². The fourth-order valence-electron chi connectivity index (χ4n) is 3.28. The van der Waals surface area contributed by atoms with Crippen molar-refractivity contribution in [1.82, 2.24) is 4.90 Å². The average Bonchev–Trinajstić information content (AvgIpc) is 2.93. The molecule has 3 rings (SSSR count). The molecule has 1 atom stereocenters. The Morgan fingerprint density at radius 2 is 1.68 bits per heavy atom. The van der Waals surface area contributed by atoms with Crippen molar-refractivity contribution in [2.24, 2.45) is 0 Å². The number of halogens is 1. The average molecular weight is 384 g/mol. The molecule has 0 spiro atoms. The molecule has 28 heavy (non-hydrogen) atoms. The van der Waals surface area contributed by atoms with Gasteiger partial charge in [0.2, 0.25) is 0 Å². The number of benzene rings is 2. The summed E-state index contributed by atoms with van der Waals surface area (Å²) in [6, 6.07) is 11.4. The van der Waals surface area contributed by atoms with E-state index in [1.807, 2.05) is 31.1 Å². The van der Waals surface area contributed by atoms with Crippen molar-refractivity contribution in [2.75, 3.05) is 32.1 Å². The number of amides is 1. The number of carbonyl (C=O) groups excluding carboxylic acids is 2. The summed E-state index contributed by atoms with van der Waals surface area (Å²) in [4.78, 5) is 28.3. The molecule has 0 radical (unpaired) electrons. The van der Waals surface area contributed by atoms with Gasteiger partial charge in [0.15, 0.2) is 0 Å². The van der Waals surface area contributed by atoms with E-state index in [-0.39, 0.29) is 30.0 Å². The maximum absolute atomic E-state index is 13.2. The third-order valence-electron chi connectivity index (χ3n) is 4.72. The van der Waals surface area contributed by atoms with Crippen molar-refractivity contribution < 1.29 is 24.2 Å². The standard InChI is InChI=1S/C21H21FN2O4/c1-23(2)16-9-5-13(6-10-16)18-17(20(27)21(28)24(18)11-12-25)19(26)14-3-7-15(22)8-4-14/h3-10,18,25-26H,11-12H2,1-2H3/t18-/m0/s1. The van der Waals surface area contributed by atoms with Crippen LogP contribution in [-0.2, 0) is 9.59 Å². The van der Waals surface area contributed by atoms with E-state index in [4.69, 9.17) is 0 Å². The van der Waals surface area contributed by atoms with Crippen LogP contribution in [0, 0.1) is 5.82 Å². The SMILES string of the molecule is CN(C)c1ccc([C@H]2C(=C(O)c3ccc(F)cc3)C(=O)C(=O)N2CCO)cc1. The van der Waals surface area contributed by atoms with E-state index in [2.05, 4.69) is 0 Å². The summed E-state index contributed by atoms with van der Waals surface area (Å²) in [7, 11) is 3.78. The van der Waals surface area contributed by atoms with E-state index in [9.17, 15) is 24.2 Å². The molecule has 2 aromatic carbocycles. The second-order valence-electron chi connectivity index (χ2n) is 6.71. The van der Waals surface area contributed by atoms with Gasteiger partial charge in [-0.1, -0.05) is 12.1 Å². The monoisotopic (exact) mass is 384 g/mol. The minimum absolute atomic E-state index is 0.0507. The molecule has 1 saturated heterocycles. The summed E-state index contributed by atoms with van der Waals surface area (Å²) >= 11 is 0. The Bertz CT molecular complexity index is 920. The predicted octanol–water partition coefficient (Wildman–Crippen LogP) is 2.31. The third kappa shape index (κ3) is 3.48. The highest BCUT2D eigenvalue weighted by Gasteiger charge is 2.45. The number of nitrogens with zero attached hydrogens (tertiary/aromatic N) is 2. The highest BCUT2D eigenvalue weighted by atomic mass is 19.1. The van der Waals surface area contributed by atoms with Gasteiger partial charge in [-0.3, -0.25) is 9.59 Å². The molecule has 0 aromatic heterocycles. The number of β-amino-alcohol motifs (C(OH)–C–C–N with tert-alkyl or cyclic N) is 1. The highest BCUT2D eigenvalue weighted by Crippen LogP contribution is 2.39. The van der Waals surface area contributed by atoms with Crippen molar-refractivity contribution in [3.63, 3.8) is 0 Å².